The maximum Gasteiger partial charge on any atom is 0.139 e. The molecule has 24 heavy (non-hydrogen) atoms. The maximum atomic E-state index is 4.81. The van der Waals surface area contributed by atoms with E-state index in [1.165, 1.54) is 11.1 Å². The van der Waals surface area contributed by atoms with Crippen molar-refractivity contribution in [2.24, 2.45) is 0 Å². The number of aryl methyl sites for hydroxylation is 1. The summed E-state index contributed by atoms with van der Waals surface area (Å²) in [7, 11) is 0. The molecule has 0 unspecified atom stereocenters. The first kappa shape index (κ1) is 14.5. The smallest absolute Gasteiger partial charge is 0.139 e. The highest BCUT2D eigenvalue weighted by Gasteiger charge is 2.14. The second kappa shape index (κ2) is 6.16. The molecule has 0 aliphatic carbocycles. The van der Waals surface area contributed by atoms with Gasteiger partial charge in [0.05, 0.1) is 0 Å². The summed E-state index contributed by atoms with van der Waals surface area (Å²) in [5.74, 6) is 1.00. The van der Waals surface area contributed by atoms with Gasteiger partial charge in [-0.25, -0.2) is 4.98 Å². The third kappa shape index (κ3) is 2.74. The molecule has 0 spiro atoms. The van der Waals surface area contributed by atoms with Crippen LogP contribution in [0.4, 0.5) is 5.82 Å². The number of rotatable bonds is 4. The predicted octanol–water partition coefficient (Wildman–Crippen LogP) is 4.32. The number of nitrogens with zero attached hydrogens (tertiary/aromatic N) is 3. The number of anilines is 1. The number of imidazole rings is 1. The van der Waals surface area contributed by atoms with Crippen LogP contribution in [0.2, 0.25) is 0 Å². The molecule has 0 aliphatic heterocycles. The molecule has 0 radical (unpaired) electrons. The van der Waals surface area contributed by atoms with Crippen molar-refractivity contribution in [1.29, 1.82) is 0 Å². The molecule has 0 aliphatic rings. The molecule has 0 fully saturated rings. The molecule has 4 heteroatoms. The predicted molar refractivity (Wildman–Crippen MR) is 96.9 cm³/mol. The Morgan fingerprint density at radius 1 is 0.958 bits per heavy atom. The highest BCUT2D eigenvalue weighted by atomic mass is 15.1. The standard InChI is InChI=1S/C20H18N4/c1-15-7-8-18-23-19(17-9-11-21-12-10-17)20(24(18)14-15)22-13-16-5-3-2-4-6-16/h2-12,14,22H,13H2,1H3. The Balaban J connectivity index is 1.80. The van der Waals surface area contributed by atoms with Crippen LogP contribution in [0.25, 0.3) is 16.9 Å². The first-order chi connectivity index (χ1) is 11.8. The SMILES string of the molecule is Cc1ccc2nc(-c3ccncc3)c(NCc3ccccc3)n2c1. The summed E-state index contributed by atoms with van der Waals surface area (Å²) in [5, 5.41) is 3.56. The lowest BCUT2D eigenvalue weighted by Gasteiger charge is -2.09. The number of fused-ring (bicyclic) bond motifs is 1. The summed E-state index contributed by atoms with van der Waals surface area (Å²) in [6, 6.07) is 18.5. The van der Waals surface area contributed by atoms with Gasteiger partial charge in [-0.05, 0) is 36.2 Å². The maximum absolute atomic E-state index is 4.81. The molecule has 4 nitrogen and oxygen atoms in total. The minimum absolute atomic E-state index is 0.751. The fourth-order valence-corrected chi connectivity index (χ4v) is 2.81. The van der Waals surface area contributed by atoms with Crippen LogP contribution >= 0.6 is 0 Å². The van der Waals surface area contributed by atoms with Gasteiger partial charge in [-0.3, -0.25) is 9.38 Å². The second-order valence-electron chi connectivity index (χ2n) is 5.82. The molecular formula is C20H18N4. The minimum atomic E-state index is 0.751. The van der Waals surface area contributed by atoms with E-state index >= 15 is 0 Å². The van der Waals surface area contributed by atoms with Crippen LogP contribution in [0, 0.1) is 6.92 Å². The van der Waals surface area contributed by atoms with Crippen LogP contribution in [-0.2, 0) is 6.54 Å². The van der Waals surface area contributed by atoms with Crippen molar-refractivity contribution in [3.8, 4) is 11.3 Å². The summed E-state index contributed by atoms with van der Waals surface area (Å²) >= 11 is 0. The molecule has 0 saturated carbocycles. The molecule has 0 amide bonds. The van der Waals surface area contributed by atoms with E-state index in [9.17, 15) is 0 Å². The highest BCUT2D eigenvalue weighted by Crippen LogP contribution is 2.29. The minimum Gasteiger partial charge on any atom is -0.365 e. The first-order valence-corrected chi connectivity index (χ1v) is 7.98. The van der Waals surface area contributed by atoms with Gasteiger partial charge in [-0.2, -0.15) is 0 Å². The van der Waals surface area contributed by atoms with E-state index in [1.807, 2.05) is 24.3 Å². The van der Waals surface area contributed by atoms with E-state index in [1.54, 1.807) is 12.4 Å². The zero-order valence-corrected chi connectivity index (χ0v) is 13.5. The van der Waals surface area contributed by atoms with Gasteiger partial charge >= 0.3 is 0 Å². The third-order valence-electron chi connectivity index (χ3n) is 4.02. The van der Waals surface area contributed by atoms with Crippen molar-refractivity contribution in [3.05, 3.63) is 84.3 Å². The van der Waals surface area contributed by atoms with Crippen LogP contribution in [0.15, 0.2) is 73.2 Å². The number of aromatic nitrogens is 3. The normalized spacial score (nSPS) is 10.9. The summed E-state index contributed by atoms with van der Waals surface area (Å²) in [4.78, 5) is 8.92. The number of pyridine rings is 2. The summed E-state index contributed by atoms with van der Waals surface area (Å²) in [6.45, 7) is 2.84. The van der Waals surface area contributed by atoms with Gasteiger partial charge in [0.15, 0.2) is 0 Å². The summed E-state index contributed by atoms with van der Waals surface area (Å²) < 4.78 is 2.12. The Kier molecular flexibility index (Phi) is 3.71. The zero-order valence-electron chi connectivity index (χ0n) is 13.5. The molecule has 3 heterocycles. The molecule has 1 aromatic carbocycles. The van der Waals surface area contributed by atoms with Gasteiger partial charge in [0.2, 0.25) is 0 Å². The van der Waals surface area contributed by atoms with Gasteiger partial charge in [0.1, 0.15) is 17.2 Å². The van der Waals surface area contributed by atoms with E-state index < -0.39 is 0 Å². The fourth-order valence-electron chi connectivity index (χ4n) is 2.81. The Bertz CT molecular complexity index is 959. The number of nitrogens with one attached hydrogen (secondary N) is 1. The summed E-state index contributed by atoms with van der Waals surface area (Å²) in [5.41, 5.74) is 5.37. The van der Waals surface area contributed by atoms with Crippen LogP contribution in [0.5, 0.6) is 0 Å². The fraction of sp³-hybridized carbons (Fsp3) is 0.100. The molecule has 4 aromatic rings. The Morgan fingerprint density at radius 3 is 2.54 bits per heavy atom. The lowest BCUT2D eigenvalue weighted by molar-refractivity contribution is 1.08. The lowest BCUT2D eigenvalue weighted by Crippen LogP contribution is -2.03. The molecule has 1 N–H and O–H groups in total. The van der Waals surface area contributed by atoms with Gasteiger partial charge in [-0.1, -0.05) is 36.4 Å². The molecule has 0 saturated heterocycles. The van der Waals surface area contributed by atoms with Crippen LogP contribution in [0.1, 0.15) is 11.1 Å². The van der Waals surface area contributed by atoms with Gasteiger partial charge in [0, 0.05) is 30.7 Å². The Labute approximate surface area is 140 Å². The first-order valence-electron chi connectivity index (χ1n) is 7.98. The molecular weight excluding hydrogens is 296 g/mol. The topological polar surface area (TPSA) is 42.2 Å². The molecule has 3 aromatic heterocycles. The molecule has 0 atom stereocenters. The van der Waals surface area contributed by atoms with E-state index in [2.05, 4.69) is 58.2 Å². The van der Waals surface area contributed by atoms with Gasteiger partial charge < -0.3 is 5.32 Å². The Morgan fingerprint density at radius 2 is 1.75 bits per heavy atom. The third-order valence-corrected chi connectivity index (χ3v) is 4.02. The van der Waals surface area contributed by atoms with E-state index in [0.717, 1.165) is 29.3 Å². The van der Waals surface area contributed by atoms with Crippen molar-refractivity contribution in [2.75, 3.05) is 5.32 Å². The van der Waals surface area contributed by atoms with Crippen LogP contribution in [0.3, 0.4) is 0 Å². The largest absolute Gasteiger partial charge is 0.365 e. The van der Waals surface area contributed by atoms with Crippen molar-refractivity contribution < 1.29 is 0 Å². The van der Waals surface area contributed by atoms with Crippen LogP contribution in [-0.4, -0.2) is 14.4 Å². The molecule has 0 bridgehead atoms. The molecule has 4 rings (SSSR count). The number of benzene rings is 1. The zero-order chi connectivity index (χ0) is 16.4. The Hall–Kier alpha value is -3.14. The number of hydrogen-bond donors (Lipinski definition) is 1. The summed E-state index contributed by atoms with van der Waals surface area (Å²) in [6.07, 6.45) is 5.71. The highest BCUT2D eigenvalue weighted by molar-refractivity contribution is 5.76. The second-order valence-corrected chi connectivity index (χ2v) is 5.82. The van der Waals surface area contributed by atoms with E-state index in [0.29, 0.717) is 0 Å². The van der Waals surface area contributed by atoms with Crippen molar-refractivity contribution in [2.45, 2.75) is 13.5 Å². The van der Waals surface area contributed by atoms with Gasteiger partial charge in [0.25, 0.3) is 0 Å². The van der Waals surface area contributed by atoms with Crippen molar-refractivity contribution in [1.82, 2.24) is 14.4 Å². The van der Waals surface area contributed by atoms with Crippen LogP contribution < -0.4 is 5.32 Å². The van der Waals surface area contributed by atoms with Crippen molar-refractivity contribution in [3.63, 3.8) is 0 Å². The molecule has 118 valence electrons. The average Bonchev–Trinajstić information content (AvgIpc) is 2.99. The number of hydrogen-bond acceptors (Lipinski definition) is 3. The quantitative estimate of drug-likeness (QED) is 0.610. The lowest BCUT2D eigenvalue weighted by atomic mass is 10.2. The average molecular weight is 314 g/mol. The van der Waals surface area contributed by atoms with E-state index in [-0.39, 0.29) is 0 Å². The van der Waals surface area contributed by atoms with Gasteiger partial charge in [-0.15, -0.1) is 0 Å². The monoisotopic (exact) mass is 314 g/mol. The van der Waals surface area contributed by atoms with E-state index in [4.69, 9.17) is 4.98 Å². The van der Waals surface area contributed by atoms with Crippen molar-refractivity contribution >= 4 is 11.5 Å².